The van der Waals surface area contributed by atoms with Gasteiger partial charge in [0.1, 0.15) is 5.82 Å². The minimum atomic E-state index is -4.00. The summed E-state index contributed by atoms with van der Waals surface area (Å²) in [7, 11) is -2.91. The first kappa shape index (κ1) is 16.6. The van der Waals surface area contributed by atoms with Gasteiger partial charge in [-0.1, -0.05) is 0 Å². The summed E-state index contributed by atoms with van der Waals surface area (Å²) in [5.74, 6) is -2.06. The van der Waals surface area contributed by atoms with Crippen LogP contribution in [0.15, 0.2) is 24.4 Å². The Hall–Kier alpha value is -2.42. The number of ether oxygens (including phenoxy) is 1. The molecule has 1 heterocycles. The van der Waals surface area contributed by atoms with Crippen LogP contribution in [-0.2, 0) is 24.3 Å². The Labute approximate surface area is 121 Å². The molecule has 0 radical (unpaired) electrons. The molecule has 0 amide bonds. The standard InChI is InChI=1S/C12H14N2O6S/c1-8(12(17)20-2)21(18,19)14-10-7-9(5-6-13-10)3-4-11(15)16/h3-8H,1-2H3,(H,13,14)(H,15,16)/b4-3+. The van der Waals surface area contributed by atoms with Crippen molar-refractivity contribution in [2.24, 2.45) is 0 Å². The van der Waals surface area contributed by atoms with Crippen molar-refractivity contribution in [2.75, 3.05) is 11.8 Å². The van der Waals surface area contributed by atoms with Gasteiger partial charge in [0, 0.05) is 12.3 Å². The number of esters is 1. The van der Waals surface area contributed by atoms with Gasteiger partial charge in [0.05, 0.1) is 7.11 Å². The van der Waals surface area contributed by atoms with Crippen molar-refractivity contribution in [3.63, 3.8) is 0 Å². The first-order chi connectivity index (χ1) is 9.76. The number of carbonyl (C=O) groups excluding carboxylic acids is 1. The van der Waals surface area contributed by atoms with Crippen LogP contribution in [0.25, 0.3) is 6.08 Å². The lowest BCUT2D eigenvalue weighted by Crippen LogP contribution is -2.33. The Morgan fingerprint density at radius 3 is 2.71 bits per heavy atom. The van der Waals surface area contributed by atoms with E-state index in [1.165, 1.54) is 31.3 Å². The van der Waals surface area contributed by atoms with E-state index in [0.717, 1.165) is 13.2 Å². The quantitative estimate of drug-likeness (QED) is 0.578. The lowest BCUT2D eigenvalue weighted by molar-refractivity contribution is -0.139. The molecule has 0 bridgehead atoms. The van der Waals surface area contributed by atoms with Crippen LogP contribution in [0.5, 0.6) is 0 Å². The monoisotopic (exact) mass is 314 g/mol. The summed E-state index contributed by atoms with van der Waals surface area (Å²) in [5.41, 5.74) is 0.441. The second-order valence-corrected chi connectivity index (χ2v) is 5.96. The summed E-state index contributed by atoms with van der Waals surface area (Å²) in [5, 5.41) is 7.13. The number of aliphatic carboxylic acids is 1. The van der Waals surface area contributed by atoms with E-state index in [0.29, 0.717) is 5.56 Å². The number of nitrogens with zero attached hydrogens (tertiary/aromatic N) is 1. The van der Waals surface area contributed by atoms with E-state index in [-0.39, 0.29) is 5.82 Å². The molecule has 0 aliphatic carbocycles. The van der Waals surface area contributed by atoms with Gasteiger partial charge >= 0.3 is 11.9 Å². The number of carbonyl (C=O) groups is 2. The predicted octanol–water partition coefficient (Wildman–Crippen LogP) is 0.483. The number of hydrogen-bond donors (Lipinski definition) is 2. The van der Waals surface area contributed by atoms with Crippen LogP contribution >= 0.6 is 0 Å². The van der Waals surface area contributed by atoms with E-state index in [4.69, 9.17) is 5.11 Å². The zero-order valence-electron chi connectivity index (χ0n) is 11.3. The average Bonchev–Trinajstić information content (AvgIpc) is 2.43. The second kappa shape index (κ2) is 6.84. The fourth-order valence-corrected chi connectivity index (χ4v) is 2.23. The Balaban J connectivity index is 2.95. The van der Waals surface area contributed by atoms with E-state index in [1.807, 2.05) is 0 Å². The van der Waals surface area contributed by atoms with Gasteiger partial charge in [0.2, 0.25) is 10.0 Å². The van der Waals surface area contributed by atoms with E-state index in [2.05, 4.69) is 14.4 Å². The fraction of sp³-hybridized carbons (Fsp3) is 0.250. The van der Waals surface area contributed by atoms with Crippen molar-refractivity contribution in [3.8, 4) is 0 Å². The molecule has 1 rings (SSSR count). The highest BCUT2D eigenvalue weighted by Gasteiger charge is 2.29. The highest BCUT2D eigenvalue weighted by atomic mass is 32.2. The Kier molecular flexibility index (Phi) is 5.42. The van der Waals surface area contributed by atoms with Gasteiger partial charge in [0.15, 0.2) is 5.25 Å². The van der Waals surface area contributed by atoms with Crippen molar-refractivity contribution in [3.05, 3.63) is 30.0 Å². The number of rotatable bonds is 6. The molecule has 114 valence electrons. The summed E-state index contributed by atoms with van der Waals surface area (Å²) in [6, 6.07) is 2.84. The molecule has 1 atom stereocenters. The smallest absolute Gasteiger partial charge is 0.328 e. The second-order valence-electron chi connectivity index (χ2n) is 3.96. The summed E-state index contributed by atoms with van der Waals surface area (Å²) >= 11 is 0. The third kappa shape index (κ3) is 4.88. The molecule has 2 N–H and O–H groups in total. The molecule has 0 fully saturated rings. The lowest BCUT2D eigenvalue weighted by Gasteiger charge is -2.12. The van der Waals surface area contributed by atoms with Crippen LogP contribution in [0.4, 0.5) is 5.82 Å². The van der Waals surface area contributed by atoms with Crippen molar-refractivity contribution in [1.82, 2.24) is 4.98 Å². The minimum absolute atomic E-state index is 0.0294. The van der Waals surface area contributed by atoms with Crippen molar-refractivity contribution < 1.29 is 27.9 Å². The van der Waals surface area contributed by atoms with E-state index < -0.39 is 27.2 Å². The van der Waals surface area contributed by atoms with Gasteiger partial charge in [-0.2, -0.15) is 0 Å². The maximum Gasteiger partial charge on any atom is 0.328 e. The van der Waals surface area contributed by atoms with E-state index in [1.54, 1.807) is 0 Å². The molecule has 1 unspecified atom stereocenters. The molecular weight excluding hydrogens is 300 g/mol. The van der Waals surface area contributed by atoms with Gasteiger partial charge < -0.3 is 9.84 Å². The van der Waals surface area contributed by atoms with Gasteiger partial charge in [-0.3, -0.25) is 9.52 Å². The number of pyridine rings is 1. The Bertz CT molecular complexity index is 668. The van der Waals surface area contributed by atoms with Gasteiger partial charge in [-0.15, -0.1) is 0 Å². The van der Waals surface area contributed by atoms with Crippen molar-refractivity contribution >= 4 is 33.9 Å². The lowest BCUT2D eigenvalue weighted by atomic mass is 10.2. The maximum absolute atomic E-state index is 11.9. The molecule has 0 aliphatic rings. The number of anilines is 1. The van der Waals surface area contributed by atoms with Crippen LogP contribution in [0.1, 0.15) is 12.5 Å². The number of aromatic nitrogens is 1. The van der Waals surface area contributed by atoms with Crippen molar-refractivity contribution in [1.29, 1.82) is 0 Å². The number of carboxylic acid groups (broad SMARTS) is 1. The van der Waals surface area contributed by atoms with Crippen molar-refractivity contribution in [2.45, 2.75) is 12.2 Å². The maximum atomic E-state index is 11.9. The molecule has 0 spiro atoms. The number of nitrogens with one attached hydrogen (secondary N) is 1. The topological polar surface area (TPSA) is 123 Å². The minimum Gasteiger partial charge on any atom is -0.478 e. The van der Waals surface area contributed by atoms with Crippen LogP contribution in [0.2, 0.25) is 0 Å². The Morgan fingerprint density at radius 1 is 1.48 bits per heavy atom. The average molecular weight is 314 g/mol. The number of sulfonamides is 1. The van der Waals surface area contributed by atoms with E-state index in [9.17, 15) is 18.0 Å². The third-order valence-electron chi connectivity index (χ3n) is 2.45. The SMILES string of the molecule is COC(=O)C(C)S(=O)(=O)Nc1cc(/C=C/C(=O)O)ccn1. The summed E-state index contributed by atoms with van der Waals surface area (Å²) in [4.78, 5) is 25.5. The highest BCUT2D eigenvalue weighted by molar-refractivity contribution is 7.94. The zero-order valence-corrected chi connectivity index (χ0v) is 12.1. The molecule has 0 saturated heterocycles. The molecule has 8 nitrogen and oxygen atoms in total. The first-order valence-electron chi connectivity index (χ1n) is 5.73. The Morgan fingerprint density at radius 2 is 2.14 bits per heavy atom. The van der Waals surface area contributed by atoms with Crippen LogP contribution in [0, 0.1) is 0 Å². The summed E-state index contributed by atoms with van der Waals surface area (Å²) in [6.45, 7) is 1.18. The molecule has 1 aromatic heterocycles. The van der Waals surface area contributed by atoms with Gasteiger partial charge in [0.25, 0.3) is 0 Å². The predicted molar refractivity (Wildman–Crippen MR) is 74.9 cm³/mol. The van der Waals surface area contributed by atoms with Crippen LogP contribution in [-0.4, -0.2) is 42.8 Å². The third-order valence-corrected chi connectivity index (χ3v) is 4.06. The number of methoxy groups -OCH3 is 1. The van der Waals surface area contributed by atoms with Crippen LogP contribution in [0.3, 0.4) is 0 Å². The van der Waals surface area contributed by atoms with Gasteiger partial charge in [-0.25, -0.2) is 18.2 Å². The largest absolute Gasteiger partial charge is 0.478 e. The van der Waals surface area contributed by atoms with E-state index >= 15 is 0 Å². The van der Waals surface area contributed by atoms with Crippen LogP contribution < -0.4 is 4.72 Å². The molecule has 0 saturated carbocycles. The molecule has 21 heavy (non-hydrogen) atoms. The number of hydrogen-bond acceptors (Lipinski definition) is 6. The molecule has 0 aliphatic heterocycles. The molecule has 0 aromatic carbocycles. The highest BCUT2D eigenvalue weighted by Crippen LogP contribution is 2.13. The molecule has 9 heteroatoms. The fourth-order valence-electron chi connectivity index (χ4n) is 1.30. The summed E-state index contributed by atoms with van der Waals surface area (Å²) in [6.07, 6.45) is 3.50. The molecular formula is C12H14N2O6S. The normalized spacial score (nSPS) is 12.9. The zero-order chi connectivity index (χ0) is 16.0. The summed E-state index contributed by atoms with van der Waals surface area (Å²) < 4.78 is 30.3. The molecule has 1 aromatic rings. The number of carboxylic acids is 1. The van der Waals surface area contributed by atoms with Gasteiger partial charge in [-0.05, 0) is 30.7 Å². The first-order valence-corrected chi connectivity index (χ1v) is 7.27.